The average Bonchev–Trinajstić information content (AvgIpc) is 3.01. The highest BCUT2D eigenvalue weighted by atomic mass is 35.5. The molecule has 0 saturated carbocycles. The van der Waals surface area contributed by atoms with Gasteiger partial charge in [0.2, 0.25) is 16.0 Å². The van der Waals surface area contributed by atoms with Crippen molar-refractivity contribution in [1.29, 1.82) is 0 Å². The normalized spacial score (nSPS) is 11.3. The molecular formula is C21H24ClN7O2S. The molecule has 0 amide bonds. The maximum absolute atomic E-state index is 11.8. The van der Waals surface area contributed by atoms with Gasteiger partial charge < -0.3 is 10.2 Å². The maximum Gasteiger partial charge on any atom is 0.238 e. The zero-order valence-electron chi connectivity index (χ0n) is 18.1. The van der Waals surface area contributed by atoms with Gasteiger partial charge in [0.05, 0.1) is 10.4 Å². The molecule has 32 heavy (non-hydrogen) atoms. The molecule has 0 unspecified atom stereocenters. The largest absolute Gasteiger partial charge is 0.329 e. The molecule has 11 heteroatoms. The number of rotatable bonds is 5. The first-order valence-corrected chi connectivity index (χ1v) is 11.1. The van der Waals surface area contributed by atoms with E-state index in [0.717, 1.165) is 22.3 Å². The summed E-state index contributed by atoms with van der Waals surface area (Å²) in [5.41, 5.74) is 4.02. The monoisotopic (exact) mass is 473 g/mol. The van der Waals surface area contributed by atoms with Crippen LogP contribution < -0.4 is 15.4 Å². The summed E-state index contributed by atoms with van der Waals surface area (Å²) >= 11 is 0. The highest BCUT2D eigenvalue weighted by Crippen LogP contribution is 2.28. The van der Waals surface area contributed by atoms with Crippen LogP contribution in [0, 0.1) is 13.8 Å². The zero-order chi connectivity index (χ0) is 22.3. The van der Waals surface area contributed by atoms with Crippen molar-refractivity contribution in [2.24, 2.45) is 12.2 Å². The first-order valence-electron chi connectivity index (χ1n) is 9.55. The summed E-state index contributed by atoms with van der Waals surface area (Å²) in [5.74, 6) is 1.01. The second-order valence-corrected chi connectivity index (χ2v) is 8.84. The van der Waals surface area contributed by atoms with Crippen molar-refractivity contribution in [2.45, 2.75) is 18.7 Å². The first-order chi connectivity index (χ1) is 14.6. The number of nitrogens with zero attached hydrogens (tertiary/aromatic N) is 5. The van der Waals surface area contributed by atoms with E-state index in [0.29, 0.717) is 23.0 Å². The van der Waals surface area contributed by atoms with Gasteiger partial charge >= 0.3 is 0 Å². The van der Waals surface area contributed by atoms with Gasteiger partial charge in [-0.2, -0.15) is 10.1 Å². The van der Waals surface area contributed by atoms with Crippen LogP contribution in [0.1, 0.15) is 11.3 Å². The van der Waals surface area contributed by atoms with Crippen molar-refractivity contribution in [3.8, 4) is 0 Å². The number of aryl methyl sites for hydroxylation is 2. The number of hydrogen-bond donors (Lipinski definition) is 2. The van der Waals surface area contributed by atoms with E-state index in [9.17, 15) is 8.42 Å². The molecular weight excluding hydrogens is 450 g/mol. The van der Waals surface area contributed by atoms with Crippen LogP contribution in [-0.4, -0.2) is 35.2 Å². The lowest BCUT2D eigenvalue weighted by atomic mass is 10.2. The molecule has 2 aromatic heterocycles. The second-order valence-electron chi connectivity index (χ2n) is 7.31. The minimum atomic E-state index is -3.82. The van der Waals surface area contributed by atoms with E-state index in [1.54, 1.807) is 31.3 Å². The number of primary sulfonamides is 1. The van der Waals surface area contributed by atoms with Gasteiger partial charge in [0.15, 0.2) is 0 Å². The van der Waals surface area contributed by atoms with Crippen LogP contribution in [0.15, 0.2) is 53.6 Å². The molecule has 0 aliphatic heterocycles. The predicted molar refractivity (Wildman–Crippen MR) is 129 cm³/mol. The fourth-order valence-electron chi connectivity index (χ4n) is 3.44. The van der Waals surface area contributed by atoms with Crippen LogP contribution in [0.25, 0.3) is 10.9 Å². The Bertz CT molecular complexity index is 1400. The highest BCUT2D eigenvalue weighted by molar-refractivity contribution is 7.89. The number of sulfonamides is 1. The number of nitrogens with two attached hydrogens (primary N) is 1. The molecule has 0 bridgehead atoms. The molecule has 0 aliphatic carbocycles. The summed E-state index contributed by atoms with van der Waals surface area (Å²) in [6, 6.07) is 12.7. The Kier molecular flexibility index (Phi) is 6.40. The van der Waals surface area contributed by atoms with Crippen molar-refractivity contribution in [3.63, 3.8) is 0 Å². The number of hydrogen-bond acceptors (Lipinski definition) is 7. The number of anilines is 4. The standard InChI is InChI=1S/C21H23N7O2S.ClH/c1-13-17(6-5-7-19(13)31(22,29)30)24-21-23-11-10-20(25-21)27(3)15-8-9-16-14(2)28(4)26-18(16)12-15;/h5-12H,1-4H3,(H2,22,29,30)(H,23,24,25);1H. The van der Waals surface area contributed by atoms with E-state index in [1.165, 1.54) is 6.07 Å². The molecule has 0 radical (unpaired) electrons. The Morgan fingerprint density at radius 1 is 1.12 bits per heavy atom. The van der Waals surface area contributed by atoms with Gasteiger partial charge in [0.1, 0.15) is 5.82 Å². The topological polar surface area (TPSA) is 119 Å². The Hall–Kier alpha value is -3.21. The molecule has 2 aromatic carbocycles. The molecule has 168 valence electrons. The second kappa shape index (κ2) is 8.73. The molecule has 0 fully saturated rings. The minimum absolute atomic E-state index is 0. The first kappa shape index (κ1) is 23.5. The summed E-state index contributed by atoms with van der Waals surface area (Å²) in [7, 11) is 0.0152. The van der Waals surface area contributed by atoms with Crippen LogP contribution in [0.4, 0.5) is 23.1 Å². The third-order valence-corrected chi connectivity index (χ3v) is 6.38. The lowest BCUT2D eigenvalue weighted by molar-refractivity contribution is 0.597. The average molecular weight is 474 g/mol. The third-order valence-electron chi connectivity index (χ3n) is 5.32. The van der Waals surface area contributed by atoms with Crippen LogP contribution >= 0.6 is 12.4 Å². The van der Waals surface area contributed by atoms with Crippen molar-refractivity contribution in [1.82, 2.24) is 19.7 Å². The number of nitrogens with one attached hydrogen (secondary N) is 1. The van der Waals surface area contributed by atoms with E-state index < -0.39 is 10.0 Å². The minimum Gasteiger partial charge on any atom is -0.329 e. The fourth-order valence-corrected chi connectivity index (χ4v) is 4.24. The molecule has 4 rings (SSSR count). The van der Waals surface area contributed by atoms with Gasteiger partial charge in [-0.25, -0.2) is 18.5 Å². The molecule has 0 saturated heterocycles. The maximum atomic E-state index is 11.8. The van der Waals surface area contributed by atoms with Gasteiger partial charge in [-0.15, -0.1) is 12.4 Å². The van der Waals surface area contributed by atoms with E-state index in [-0.39, 0.29) is 17.3 Å². The summed E-state index contributed by atoms with van der Waals surface area (Å²) in [6.07, 6.45) is 1.64. The number of halogens is 1. The molecule has 3 N–H and O–H groups in total. The van der Waals surface area contributed by atoms with Gasteiger partial charge in [-0.3, -0.25) is 4.68 Å². The number of fused-ring (bicyclic) bond motifs is 1. The van der Waals surface area contributed by atoms with Gasteiger partial charge in [-0.05, 0) is 55.8 Å². The number of benzene rings is 2. The molecule has 9 nitrogen and oxygen atoms in total. The van der Waals surface area contributed by atoms with E-state index in [4.69, 9.17) is 5.14 Å². The highest BCUT2D eigenvalue weighted by Gasteiger charge is 2.15. The SMILES string of the molecule is Cc1c(Nc2nccc(N(C)c3ccc4c(C)n(C)nc4c3)n2)cccc1S(N)(=O)=O.Cl. The van der Waals surface area contributed by atoms with Gasteiger partial charge in [0, 0.05) is 42.7 Å². The molecule has 0 aliphatic rings. The van der Waals surface area contributed by atoms with E-state index in [1.807, 2.05) is 48.8 Å². The van der Waals surface area contributed by atoms with Crippen molar-refractivity contribution in [3.05, 3.63) is 59.9 Å². The summed E-state index contributed by atoms with van der Waals surface area (Å²) in [5, 5.41) is 14.0. The lowest BCUT2D eigenvalue weighted by Crippen LogP contribution is -2.15. The molecule has 4 aromatic rings. The van der Waals surface area contributed by atoms with Crippen LogP contribution in [0.3, 0.4) is 0 Å². The fraction of sp³-hybridized carbons (Fsp3) is 0.190. The van der Waals surface area contributed by atoms with E-state index >= 15 is 0 Å². The third kappa shape index (κ3) is 4.38. The van der Waals surface area contributed by atoms with Crippen LogP contribution in [0.2, 0.25) is 0 Å². The quantitative estimate of drug-likeness (QED) is 0.454. The summed E-state index contributed by atoms with van der Waals surface area (Å²) in [6.45, 7) is 3.72. The Morgan fingerprint density at radius 2 is 1.88 bits per heavy atom. The molecule has 2 heterocycles. The predicted octanol–water partition coefficient (Wildman–Crippen LogP) is 3.56. The van der Waals surface area contributed by atoms with Gasteiger partial charge in [0.25, 0.3) is 0 Å². The smallest absolute Gasteiger partial charge is 0.238 e. The van der Waals surface area contributed by atoms with Crippen LogP contribution in [0.5, 0.6) is 0 Å². The molecule has 0 atom stereocenters. The van der Waals surface area contributed by atoms with Crippen molar-refractivity contribution < 1.29 is 8.42 Å². The Labute approximate surface area is 192 Å². The Balaban J connectivity index is 0.00000289. The number of aromatic nitrogens is 4. The summed E-state index contributed by atoms with van der Waals surface area (Å²) < 4.78 is 25.4. The Morgan fingerprint density at radius 3 is 2.59 bits per heavy atom. The molecule has 0 spiro atoms. The van der Waals surface area contributed by atoms with Crippen molar-refractivity contribution in [2.75, 3.05) is 17.3 Å². The lowest BCUT2D eigenvalue weighted by Gasteiger charge is -2.19. The van der Waals surface area contributed by atoms with Crippen LogP contribution in [-0.2, 0) is 17.1 Å². The van der Waals surface area contributed by atoms with E-state index in [2.05, 4.69) is 20.4 Å². The summed E-state index contributed by atoms with van der Waals surface area (Å²) in [4.78, 5) is 10.8. The zero-order valence-corrected chi connectivity index (χ0v) is 19.7. The van der Waals surface area contributed by atoms with Gasteiger partial charge in [-0.1, -0.05) is 6.07 Å². The van der Waals surface area contributed by atoms with Crippen molar-refractivity contribution >= 4 is 56.5 Å².